The Bertz CT molecular complexity index is 378. The van der Waals surface area contributed by atoms with Crippen molar-refractivity contribution in [1.29, 1.82) is 0 Å². The Kier molecular flexibility index (Phi) is 2.15. The molecule has 2 unspecified atom stereocenters. The molecule has 0 bridgehead atoms. The summed E-state index contributed by atoms with van der Waals surface area (Å²) in [4.78, 5) is 0. The first-order valence-electron chi connectivity index (χ1n) is 5.51. The minimum absolute atomic E-state index is 0.316. The summed E-state index contributed by atoms with van der Waals surface area (Å²) in [6.07, 6.45) is 2.37. The molecule has 15 heavy (non-hydrogen) atoms. The lowest BCUT2D eigenvalue weighted by molar-refractivity contribution is -0.0138. The molecular formula is C12H15NO2. The second kappa shape index (κ2) is 3.51. The Hall–Kier alpha value is -1.06. The van der Waals surface area contributed by atoms with Crippen molar-refractivity contribution in [1.82, 2.24) is 5.32 Å². The molecule has 0 spiro atoms. The molecule has 1 fully saturated rings. The van der Waals surface area contributed by atoms with Crippen LogP contribution in [-0.4, -0.2) is 24.4 Å². The maximum Gasteiger partial charge on any atom is 0.115 e. The fourth-order valence-corrected chi connectivity index (χ4v) is 2.62. The van der Waals surface area contributed by atoms with E-state index in [4.69, 9.17) is 4.74 Å². The number of aromatic hydroxyl groups is 1. The van der Waals surface area contributed by atoms with Crippen LogP contribution >= 0.6 is 0 Å². The molecule has 2 atom stereocenters. The summed E-state index contributed by atoms with van der Waals surface area (Å²) in [7, 11) is 0. The van der Waals surface area contributed by atoms with E-state index in [9.17, 15) is 5.11 Å². The Labute approximate surface area is 89.1 Å². The van der Waals surface area contributed by atoms with E-state index in [1.54, 1.807) is 6.07 Å². The molecule has 1 aromatic rings. The maximum absolute atomic E-state index is 9.43. The summed E-state index contributed by atoms with van der Waals surface area (Å²) in [6, 6.07) is 5.98. The smallest absolute Gasteiger partial charge is 0.115 e. The Morgan fingerprint density at radius 1 is 1.40 bits per heavy atom. The Morgan fingerprint density at radius 2 is 2.33 bits per heavy atom. The van der Waals surface area contributed by atoms with Gasteiger partial charge in [-0.1, -0.05) is 6.07 Å². The highest BCUT2D eigenvalue weighted by molar-refractivity contribution is 5.39. The quantitative estimate of drug-likeness (QED) is 0.672. The number of morpholine rings is 1. The SMILES string of the molecule is Oc1ccc2c(c1)CCC1OCCNC21. The second-order valence-electron chi connectivity index (χ2n) is 4.26. The molecule has 0 aromatic heterocycles. The lowest BCUT2D eigenvalue weighted by atomic mass is 9.85. The van der Waals surface area contributed by atoms with Crippen molar-refractivity contribution in [3.63, 3.8) is 0 Å². The predicted molar refractivity (Wildman–Crippen MR) is 56.9 cm³/mol. The lowest BCUT2D eigenvalue weighted by Gasteiger charge is -2.37. The van der Waals surface area contributed by atoms with E-state index in [0.717, 1.165) is 26.0 Å². The van der Waals surface area contributed by atoms with Gasteiger partial charge in [0, 0.05) is 6.54 Å². The first-order valence-corrected chi connectivity index (χ1v) is 5.51. The van der Waals surface area contributed by atoms with Crippen LogP contribution in [0.4, 0.5) is 0 Å². The van der Waals surface area contributed by atoms with Gasteiger partial charge in [-0.25, -0.2) is 0 Å². The van der Waals surface area contributed by atoms with E-state index in [0.29, 0.717) is 17.9 Å². The molecule has 2 aliphatic rings. The summed E-state index contributed by atoms with van der Waals surface area (Å²) in [5, 5.41) is 12.9. The molecule has 1 aromatic carbocycles. The van der Waals surface area contributed by atoms with Crippen LogP contribution in [0.15, 0.2) is 18.2 Å². The first-order chi connectivity index (χ1) is 7.34. The van der Waals surface area contributed by atoms with E-state index >= 15 is 0 Å². The van der Waals surface area contributed by atoms with E-state index in [2.05, 4.69) is 5.32 Å². The molecule has 2 N–H and O–H groups in total. The second-order valence-corrected chi connectivity index (χ2v) is 4.26. The monoisotopic (exact) mass is 205 g/mol. The zero-order valence-corrected chi connectivity index (χ0v) is 8.57. The summed E-state index contributed by atoms with van der Waals surface area (Å²) in [6.45, 7) is 1.73. The summed E-state index contributed by atoms with van der Waals surface area (Å²) >= 11 is 0. The number of phenolic OH excluding ortho intramolecular Hbond substituents is 1. The largest absolute Gasteiger partial charge is 0.508 e. The highest BCUT2D eigenvalue weighted by Gasteiger charge is 2.32. The third-order valence-electron chi connectivity index (χ3n) is 3.33. The fourth-order valence-electron chi connectivity index (χ4n) is 2.62. The van der Waals surface area contributed by atoms with Crippen molar-refractivity contribution in [3.8, 4) is 5.75 Å². The molecular weight excluding hydrogens is 190 g/mol. The van der Waals surface area contributed by atoms with Gasteiger partial charge < -0.3 is 15.2 Å². The van der Waals surface area contributed by atoms with Crippen LogP contribution in [0.2, 0.25) is 0 Å². The normalized spacial score (nSPS) is 29.3. The fraction of sp³-hybridized carbons (Fsp3) is 0.500. The molecule has 3 rings (SSSR count). The van der Waals surface area contributed by atoms with Gasteiger partial charge in [-0.2, -0.15) is 0 Å². The van der Waals surface area contributed by atoms with Crippen LogP contribution < -0.4 is 5.32 Å². The number of aryl methyl sites for hydroxylation is 1. The third-order valence-corrected chi connectivity index (χ3v) is 3.33. The minimum Gasteiger partial charge on any atom is -0.508 e. The molecule has 3 nitrogen and oxygen atoms in total. The van der Waals surface area contributed by atoms with Crippen molar-refractivity contribution in [3.05, 3.63) is 29.3 Å². The van der Waals surface area contributed by atoms with Gasteiger partial charge in [0.15, 0.2) is 0 Å². The molecule has 1 saturated heterocycles. The van der Waals surface area contributed by atoms with E-state index < -0.39 is 0 Å². The molecule has 1 aliphatic heterocycles. The highest BCUT2D eigenvalue weighted by atomic mass is 16.5. The molecule has 80 valence electrons. The van der Waals surface area contributed by atoms with Gasteiger partial charge in [0.05, 0.1) is 18.8 Å². The number of phenols is 1. The van der Waals surface area contributed by atoms with Gasteiger partial charge in [0.1, 0.15) is 5.75 Å². The van der Waals surface area contributed by atoms with Gasteiger partial charge in [0.25, 0.3) is 0 Å². The zero-order valence-electron chi connectivity index (χ0n) is 8.57. The van der Waals surface area contributed by atoms with Crippen LogP contribution in [0.5, 0.6) is 5.75 Å². The number of ether oxygens (including phenoxy) is 1. The lowest BCUT2D eigenvalue weighted by Crippen LogP contribution is -2.44. The average molecular weight is 205 g/mol. The molecule has 1 aliphatic carbocycles. The van der Waals surface area contributed by atoms with Gasteiger partial charge in [0.2, 0.25) is 0 Å². The average Bonchev–Trinajstić information content (AvgIpc) is 2.28. The minimum atomic E-state index is 0.316. The Balaban J connectivity index is 1.99. The summed E-state index contributed by atoms with van der Waals surface area (Å²) < 4.78 is 5.74. The van der Waals surface area contributed by atoms with Gasteiger partial charge >= 0.3 is 0 Å². The standard InChI is InChI=1S/C12H15NO2/c14-9-2-3-10-8(7-9)1-4-11-12(10)13-5-6-15-11/h2-3,7,11-14H,1,4-6H2. The first kappa shape index (κ1) is 9.19. The van der Waals surface area contributed by atoms with Crippen LogP contribution in [0.1, 0.15) is 23.6 Å². The van der Waals surface area contributed by atoms with Crippen molar-refractivity contribution >= 4 is 0 Å². The van der Waals surface area contributed by atoms with Crippen LogP contribution in [0.3, 0.4) is 0 Å². The summed E-state index contributed by atoms with van der Waals surface area (Å²) in [5.74, 6) is 0.365. The topological polar surface area (TPSA) is 41.5 Å². The van der Waals surface area contributed by atoms with Gasteiger partial charge in [-0.3, -0.25) is 0 Å². The van der Waals surface area contributed by atoms with Crippen molar-refractivity contribution in [2.75, 3.05) is 13.2 Å². The van der Waals surface area contributed by atoms with Crippen LogP contribution in [0, 0.1) is 0 Å². The van der Waals surface area contributed by atoms with E-state index in [1.807, 2.05) is 12.1 Å². The van der Waals surface area contributed by atoms with Crippen molar-refractivity contribution in [2.24, 2.45) is 0 Å². The van der Waals surface area contributed by atoms with Crippen LogP contribution in [0.25, 0.3) is 0 Å². The van der Waals surface area contributed by atoms with E-state index in [1.165, 1.54) is 11.1 Å². The van der Waals surface area contributed by atoms with Crippen LogP contribution in [-0.2, 0) is 11.2 Å². The number of nitrogens with one attached hydrogen (secondary N) is 1. The third kappa shape index (κ3) is 1.52. The van der Waals surface area contributed by atoms with Gasteiger partial charge in [-0.05, 0) is 36.1 Å². The molecule has 1 heterocycles. The number of hydrogen-bond acceptors (Lipinski definition) is 3. The Morgan fingerprint density at radius 3 is 3.27 bits per heavy atom. The number of fused-ring (bicyclic) bond motifs is 3. The number of rotatable bonds is 0. The van der Waals surface area contributed by atoms with Crippen molar-refractivity contribution < 1.29 is 9.84 Å². The maximum atomic E-state index is 9.43. The zero-order chi connectivity index (χ0) is 10.3. The van der Waals surface area contributed by atoms with Gasteiger partial charge in [-0.15, -0.1) is 0 Å². The highest BCUT2D eigenvalue weighted by Crippen LogP contribution is 2.34. The molecule has 3 heteroatoms. The summed E-state index contributed by atoms with van der Waals surface area (Å²) in [5.41, 5.74) is 2.55. The molecule has 0 radical (unpaired) electrons. The van der Waals surface area contributed by atoms with E-state index in [-0.39, 0.29) is 0 Å². The molecule has 0 saturated carbocycles. The van der Waals surface area contributed by atoms with Crippen molar-refractivity contribution in [2.45, 2.75) is 25.0 Å². The number of hydrogen-bond donors (Lipinski definition) is 2. The number of benzene rings is 1. The molecule has 0 amide bonds. The predicted octanol–water partition coefficient (Wildman–Crippen LogP) is 1.37.